The van der Waals surface area contributed by atoms with Gasteiger partial charge in [-0.25, -0.2) is 0 Å². The first-order chi connectivity index (χ1) is 11.6. The first-order valence-corrected chi connectivity index (χ1v) is 8.27. The Balaban J connectivity index is 1.53. The largest absolute Gasteiger partial charge is 0.350 e. The lowest BCUT2D eigenvalue weighted by Gasteiger charge is -2.17. The molecule has 0 unspecified atom stereocenters. The van der Waals surface area contributed by atoms with Crippen molar-refractivity contribution in [1.29, 1.82) is 0 Å². The number of likely N-dealkylation sites (tertiary alicyclic amines) is 1. The quantitative estimate of drug-likeness (QED) is 0.658. The van der Waals surface area contributed by atoms with E-state index < -0.39 is 0 Å². The number of imide groups is 1. The van der Waals surface area contributed by atoms with E-state index in [4.69, 9.17) is 0 Å². The topological polar surface area (TPSA) is 79.4 Å². The molecule has 1 saturated heterocycles. The molecule has 6 heteroatoms. The van der Waals surface area contributed by atoms with Gasteiger partial charge in [0.05, 0.1) is 17.9 Å². The van der Waals surface area contributed by atoms with Crippen LogP contribution in [0.1, 0.15) is 37.8 Å². The highest BCUT2D eigenvalue weighted by molar-refractivity contribution is 6.05. The smallest absolute Gasteiger partial charge is 0.233 e. The maximum Gasteiger partial charge on any atom is 0.233 e. The second-order valence-electron chi connectivity index (χ2n) is 6.30. The Morgan fingerprint density at radius 2 is 1.79 bits per heavy atom. The van der Waals surface area contributed by atoms with Crippen molar-refractivity contribution in [2.24, 2.45) is 11.8 Å². The maximum absolute atomic E-state index is 12.3. The summed E-state index contributed by atoms with van der Waals surface area (Å²) in [5.74, 6) is -0.913. The molecule has 0 radical (unpaired) electrons. The summed E-state index contributed by atoms with van der Waals surface area (Å²) in [5.41, 5.74) is 0.962. The molecule has 0 spiro atoms. The number of allylic oxidation sites excluding steroid dienone is 2. The minimum atomic E-state index is -0.235. The molecule has 2 aliphatic rings. The van der Waals surface area contributed by atoms with E-state index in [1.165, 1.54) is 4.90 Å². The van der Waals surface area contributed by atoms with Gasteiger partial charge in [-0.05, 0) is 37.5 Å². The zero-order valence-electron chi connectivity index (χ0n) is 13.6. The summed E-state index contributed by atoms with van der Waals surface area (Å²) in [5, 5.41) is 2.88. The maximum atomic E-state index is 12.3. The lowest BCUT2D eigenvalue weighted by molar-refractivity contribution is -0.140. The molecule has 3 rings (SSSR count). The molecule has 0 bridgehead atoms. The van der Waals surface area contributed by atoms with Crippen LogP contribution in [-0.2, 0) is 14.4 Å². The molecule has 1 N–H and O–H groups in total. The summed E-state index contributed by atoms with van der Waals surface area (Å²) in [6.07, 6.45) is 8.64. The monoisotopic (exact) mass is 327 g/mol. The number of rotatable bonds is 5. The van der Waals surface area contributed by atoms with Crippen LogP contribution in [-0.4, -0.2) is 34.2 Å². The number of hydrogen-bond donors (Lipinski definition) is 1. The van der Waals surface area contributed by atoms with E-state index in [2.05, 4.69) is 10.3 Å². The molecule has 6 nitrogen and oxygen atoms in total. The number of nitrogens with one attached hydrogen (secondary N) is 1. The molecule has 1 aromatic rings. The lowest BCUT2D eigenvalue weighted by Crippen LogP contribution is -2.36. The fourth-order valence-electron chi connectivity index (χ4n) is 3.35. The van der Waals surface area contributed by atoms with E-state index in [0.717, 1.165) is 5.56 Å². The minimum Gasteiger partial charge on any atom is -0.350 e. The van der Waals surface area contributed by atoms with E-state index in [1.807, 2.05) is 31.2 Å². The molecule has 24 heavy (non-hydrogen) atoms. The number of pyridine rings is 1. The number of amides is 3. The molecule has 3 amide bonds. The van der Waals surface area contributed by atoms with Gasteiger partial charge in [0.15, 0.2) is 0 Å². The Hall–Kier alpha value is -2.50. The Labute approximate surface area is 140 Å². The van der Waals surface area contributed by atoms with Gasteiger partial charge in [0, 0.05) is 25.4 Å². The van der Waals surface area contributed by atoms with Crippen LogP contribution in [0.4, 0.5) is 0 Å². The molecular weight excluding hydrogens is 306 g/mol. The molecule has 2 heterocycles. The van der Waals surface area contributed by atoms with E-state index in [1.54, 1.807) is 12.4 Å². The van der Waals surface area contributed by atoms with Crippen LogP contribution in [0.3, 0.4) is 0 Å². The van der Waals surface area contributed by atoms with E-state index in [9.17, 15) is 14.4 Å². The Bertz CT molecular complexity index is 645. The third-order valence-electron chi connectivity index (χ3n) is 4.74. The van der Waals surface area contributed by atoms with Crippen molar-refractivity contribution < 1.29 is 14.4 Å². The van der Waals surface area contributed by atoms with Gasteiger partial charge in [0.25, 0.3) is 0 Å². The number of nitrogens with zero attached hydrogens (tertiary/aromatic N) is 2. The van der Waals surface area contributed by atoms with Crippen molar-refractivity contribution in [2.45, 2.75) is 32.2 Å². The summed E-state index contributed by atoms with van der Waals surface area (Å²) in [7, 11) is 0. The number of carbonyl (C=O) groups excluding carboxylic acids is 3. The Kier molecular flexibility index (Phi) is 4.74. The molecule has 0 saturated carbocycles. The van der Waals surface area contributed by atoms with Crippen molar-refractivity contribution >= 4 is 17.7 Å². The van der Waals surface area contributed by atoms with E-state index in [0.29, 0.717) is 12.8 Å². The second kappa shape index (κ2) is 6.95. The van der Waals surface area contributed by atoms with E-state index >= 15 is 0 Å². The Morgan fingerprint density at radius 1 is 1.21 bits per heavy atom. The fourth-order valence-corrected chi connectivity index (χ4v) is 3.35. The van der Waals surface area contributed by atoms with Crippen molar-refractivity contribution in [3.63, 3.8) is 0 Å². The van der Waals surface area contributed by atoms with Crippen molar-refractivity contribution in [2.75, 3.05) is 6.54 Å². The molecule has 3 atom stereocenters. The van der Waals surface area contributed by atoms with Crippen molar-refractivity contribution in [1.82, 2.24) is 15.2 Å². The fraction of sp³-hybridized carbons (Fsp3) is 0.444. The van der Waals surface area contributed by atoms with Crippen LogP contribution in [0.2, 0.25) is 0 Å². The highest BCUT2D eigenvalue weighted by Crippen LogP contribution is 2.34. The van der Waals surface area contributed by atoms with Crippen LogP contribution in [0, 0.1) is 11.8 Å². The minimum absolute atomic E-state index is 0.125. The third-order valence-corrected chi connectivity index (χ3v) is 4.74. The van der Waals surface area contributed by atoms with Crippen LogP contribution in [0.25, 0.3) is 0 Å². The van der Waals surface area contributed by atoms with Gasteiger partial charge in [-0.3, -0.25) is 24.3 Å². The summed E-state index contributed by atoms with van der Waals surface area (Å²) in [6, 6.07) is 3.55. The standard InChI is InChI=1S/C18H21N3O3/c1-12(13-6-9-19-10-7-13)20-16(22)8-11-21-17(23)14-4-2-3-5-15(14)18(21)24/h2-3,6-7,9-10,12,14-15H,4-5,8,11H2,1H3,(H,20,22)/t12-,14-,15+/m1/s1. The first kappa shape index (κ1) is 16.4. The van der Waals surface area contributed by atoms with Gasteiger partial charge in [0.2, 0.25) is 17.7 Å². The SMILES string of the molecule is C[C@@H](NC(=O)CCN1C(=O)[C@H]2CC=CC[C@H]2C1=O)c1ccncc1. The number of aromatic nitrogens is 1. The number of carbonyl (C=O) groups is 3. The zero-order chi connectivity index (χ0) is 17.1. The summed E-state index contributed by atoms with van der Waals surface area (Å²) < 4.78 is 0. The van der Waals surface area contributed by atoms with Crippen LogP contribution in [0.15, 0.2) is 36.7 Å². The van der Waals surface area contributed by atoms with Crippen molar-refractivity contribution in [3.8, 4) is 0 Å². The third kappa shape index (κ3) is 3.22. The zero-order valence-corrected chi connectivity index (χ0v) is 13.6. The normalized spacial score (nSPS) is 24.0. The molecule has 1 aliphatic carbocycles. The van der Waals surface area contributed by atoms with Gasteiger partial charge in [-0.15, -0.1) is 0 Å². The molecule has 1 aliphatic heterocycles. The molecule has 0 aromatic carbocycles. The van der Waals surface area contributed by atoms with Gasteiger partial charge in [-0.2, -0.15) is 0 Å². The summed E-state index contributed by atoms with van der Waals surface area (Å²) >= 11 is 0. The average molecular weight is 327 g/mol. The molecule has 1 aromatic heterocycles. The predicted octanol–water partition coefficient (Wildman–Crippen LogP) is 1.60. The highest BCUT2D eigenvalue weighted by Gasteiger charge is 2.46. The van der Waals surface area contributed by atoms with Crippen molar-refractivity contribution in [3.05, 3.63) is 42.2 Å². The lowest BCUT2D eigenvalue weighted by atomic mass is 9.85. The Morgan fingerprint density at radius 3 is 2.38 bits per heavy atom. The molecular formula is C18H21N3O3. The van der Waals surface area contributed by atoms with E-state index in [-0.39, 0.29) is 48.6 Å². The highest BCUT2D eigenvalue weighted by atomic mass is 16.2. The van der Waals surface area contributed by atoms with Gasteiger partial charge >= 0.3 is 0 Å². The van der Waals surface area contributed by atoms with Crippen LogP contribution >= 0.6 is 0 Å². The predicted molar refractivity (Wildman–Crippen MR) is 87.5 cm³/mol. The molecule has 1 fully saturated rings. The van der Waals surface area contributed by atoms with Crippen LogP contribution < -0.4 is 5.32 Å². The first-order valence-electron chi connectivity index (χ1n) is 8.27. The average Bonchev–Trinajstić information content (AvgIpc) is 2.85. The number of hydrogen-bond acceptors (Lipinski definition) is 4. The summed E-state index contributed by atoms with van der Waals surface area (Å²) in [6.45, 7) is 2.04. The molecule has 126 valence electrons. The van der Waals surface area contributed by atoms with Gasteiger partial charge in [0.1, 0.15) is 0 Å². The second-order valence-corrected chi connectivity index (χ2v) is 6.30. The van der Waals surface area contributed by atoms with Crippen LogP contribution in [0.5, 0.6) is 0 Å². The summed E-state index contributed by atoms with van der Waals surface area (Å²) in [4.78, 5) is 42.0. The number of fused-ring (bicyclic) bond motifs is 1. The van der Waals surface area contributed by atoms with Gasteiger partial charge < -0.3 is 5.32 Å². The van der Waals surface area contributed by atoms with Gasteiger partial charge in [-0.1, -0.05) is 12.2 Å².